The van der Waals surface area contributed by atoms with Crippen LogP contribution in [0.5, 0.6) is 0 Å². The molecule has 0 radical (unpaired) electrons. The molecular formula is C61H110O12S. The Morgan fingerprint density at radius 1 is 0.527 bits per heavy atom. The summed E-state index contributed by atoms with van der Waals surface area (Å²) in [5.41, 5.74) is 0. The first-order valence-electron chi connectivity index (χ1n) is 30.0. The first-order valence-corrected chi connectivity index (χ1v) is 31.4. The number of hydrogen-bond donors (Lipinski definition) is 4. The van der Waals surface area contributed by atoms with Gasteiger partial charge in [0.05, 0.1) is 19.8 Å². The van der Waals surface area contributed by atoms with Gasteiger partial charge in [0.25, 0.3) is 0 Å². The minimum Gasteiger partial charge on any atom is -0.457 e. The van der Waals surface area contributed by atoms with Crippen molar-refractivity contribution in [3.63, 3.8) is 0 Å². The quantitative estimate of drug-likeness (QED) is 0.0196. The van der Waals surface area contributed by atoms with Crippen LogP contribution in [0.3, 0.4) is 0 Å². The van der Waals surface area contributed by atoms with Crippen LogP contribution < -0.4 is 0 Å². The Balaban J connectivity index is 2.28. The molecule has 0 spiro atoms. The topological polar surface area (TPSA) is 178 Å². The molecule has 0 bridgehead atoms. The molecule has 432 valence electrons. The van der Waals surface area contributed by atoms with Gasteiger partial charge in [0.1, 0.15) is 30.5 Å². The maximum atomic E-state index is 13.0. The zero-order valence-corrected chi connectivity index (χ0v) is 47.7. The zero-order valence-electron chi connectivity index (χ0n) is 46.9. The Morgan fingerprint density at radius 2 is 0.932 bits per heavy atom. The van der Waals surface area contributed by atoms with E-state index in [-0.39, 0.29) is 19.6 Å². The van der Waals surface area contributed by atoms with Crippen molar-refractivity contribution >= 4 is 16.4 Å². The van der Waals surface area contributed by atoms with E-state index in [1.165, 1.54) is 148 Å². The number of esters is 1. The molecule has 0 saturated carbocycles. The highest BCUT2D eigenvalue weighted by molar-refractivity contribution is 7.80. The number of unbranched alkanes of at least 4 members (excludes halogenated alkanes) is 30. The molecule has 0 aromatic carbocycles. The van der Waals surface area contributed by atoms with Crippen LogP contribution in [0, 0.1) is 0 Å². The predicted molar refractivity (Wildman–Crippen MR) is 303 cm³/mol. The van der Waals surface area contributed by atoms with E-state index in [1.807, 2.05) is 0 Å². The van der Waals surface area contributed by atoms with Crippen LogP contribution in [0.1, 0.15) is 258 Å². The number of aliphatic hydroxyl groups is 3. The summed E-state index contributed by atoms with van der Waals surface area (Å²) in [6, 6.07) is 0. The molecule has 1 aliphatic rings. The van der Waals surface area contributed by atoms with E-state index in [2.05, 4.69) is 78.8 Å². The Labute approximate surface area is 452 Å². The Morgan fingerprint density at radius 3 is 1.36 bits per heavy atom. The Kier molecular flexibility index (Phi) is 48.6. The van der Waals surface area contributed by atoms with Crippen molar-refractivity contribution in [3.8, 4) is 0 Å². The van der Waals surface area contributed by atoms with Gasteiger partial charge >= 0.3 is 16.4 Å². The van der Waals surface area contributed by atoms with Gasteiger partial charge < -0.3 is 34.3 Å². The van der Waals surface area contributed by atoms with E-state index in [1.54, 1.807) is 0 Å². The monoisotopic (exact) mass is 1070 g/mol. The second-order valence-corrected chi connectivity index (χ2v) is 21.6. The molecule has 1 rings (SSSR count). The molecule has 0 amide bonds. The van der Waals surface area contributed by atoms with Crippen LogP contribution in [0.15, 0.2) is 60.8 Å². The standard InChI is InChI=1S/C61H110O12S/c1-3-5-7-9-11-13-15-17-19-21-23-25-27-29-31-33-35-37-39-41-43-45-47-49-51-69-53-55(54-70-61-59(65)60(73-74(66,67)68)58(64)56(52-62)72-61)71-57(63)50-48-46-44-42-40-38-36-34-32-30-28-26-24-22-20-18-16-14-12-10-8-6-4-2/h6,8,12,14,18,20,24,26,30,32,55-56,58-62,64-65H,3-5,7,9-11,13,15-17,19,21-23,25,27-29,31,33-54H2,1-2H3,(H,66,67,68)/b8-6-,14-12-,20-18-,26-24-,32-30-. The third-order valence-corrected chi connectivity index (χ3v) is 14.1. The number of carbonyl (C=O) groups is 1. The highest BCUT2D eigenvalue weighted by atomic mass is 32.3. The van der Waals surface area contributed by atoms with E-state index < -0.39 is 59.8 Å². The van der Waals surface area contributed by atoms with E-state index >= 15 is 0 Å². The molecule has 12 nitrogen and oxygen atoms in total. The lowest BCUT2D eigenvalue weighted by Gasteiger charge is -2.41. The van der Waals surface area contributed by atoms with E-state index in [0.717, 1.165) is 83.5 Å². The van der Waals surface area contributed by atoms with Crippen LogP contribution >= 0.6 is 0 Å². The van der Waals surface area contributed by atoms with Crippen molar-refractivity contribution < 1.29 is 56.2 Å². The van der Waals surface area contributed by atoms with E-state index in [9.17, 15) is 33.1 Å². The third kappa shape index (κ3) is 43.9. The van der Waals surface area contributed by atoms with Gasteiger partial charge in [-0.25, -0.2) is 4.18 Å². The Hall–Kier alpha value is -2.20. The number of aliphatic hydroxyl groups excluding tert-OH is 3. The summed E-state index contributed by atoms with van der Waals surface area (Å²) in [6.07, 6.45) is 58.3. The van der Waals surface area contributed by atoms with Crippen LogP contribution in [0.2, 0.25) is 0 Å². The van der Waals surface area contributed by atoms with Gasteiger partial charge in [-0.15, -0.1) is 0 Å². The van der Waals surface area contributed by atoms with Gasteiger partial charge in [-0.2, -0.15) is 8.42 Å². The van der Waals surface area contributed by atoms with Crippen LogP contribution in [0.4, 0.5) is 0 Å². The van der Waals surface area contributed by atoms with Gasteiger partial charge in [-0.1, -0.05) is 254 Å². The molecular weight excluding hydrogens is 957 g/mol. The van der Waals surface area contributed by atoms with Gasteiger partial charge in [0.2, 0.25) is 0 Å². The summed E-state index contributed by atoms with van der Waals surface area (Å²) in [4.78, 5) is 13.0. The average molecular weight is 1070 g/mol. The number of ether oxygens (including phenoxy) is 4. The van der Waals surface area contributed by atoms with Gasteiger partial charge in [0, 0.05) is 13.0 Å². The fourth-order valence-electron chi connectivity index (χ4n) is 9.17. The largest absolute Gasteiger partial charge is 0.457 e. The molecule has 4 N–H and O–H groups in total. The highest BCUT2D eigenvalue weighted by Crippen LogP contribution is 2.26. The zero-order chi connectivity index (χ0) is 53.8. The summed E-state index contributed by atoms with van der Waals surface area (Å²) in [7, 11) is -5.07. The smallest absolute Gasteiger partial charge is 0.397 e. The van der Waals surface area contributed by atoms with Crippen molar-refractivity contribution in [2.75, 3.05) is 26.4 Å². The van der Waals surface area contributed by atoms with Crippen LogP contribution in [0.25, 0.3) is 0 Å². The first kappa shape index (κ1) is 69.8. The lowest BCUT2D eigenvalue weighted by molar-refractivity contribution is -0.301. The molecule has 13 heteroatoms. The molecule has 6 unspecified atom stereocenters. The van der Waals surface area contributed by atoms with Crippen molar-refractivity contribution in [1.82, 2.24) is 0 Å². The average Bonchev–Trinajstić information content (AvgIpc) is 3.38. The fourth-order valence-corrected chi connectivity index (χ4v) is 9.68. The molecule has 1 aliphatic heterocycles. The second-order valence-electron chi connectivity index (χ2n) is 20.6. The lowest BCUT2D eigenvalue weighted by atomic mass is 9.99. The summed E-state index contributed by atoms with van der Waals surface area (Å²) in [5.74, 6) is -0.407. The normalized spacial score (nSPS) is 19.1. The molecule has 74 heavy (non-hydrogen) atoms. The minimum absolute atomic E-state index is 0.0323. The van der Waals surface area contributed by atoms with Crippen molar-refractivity contribution in [2.45, 2.75) is 295 Å². The molecule has 6 atom stereocenters. The predicted octanol–water partition coefficient (Wildman–Crippen LogP) is 15.2. The number of allylic oxidation sites excluding steroid dienone is 10. The molecule has 0 aromatic rings. The highest BCUT2D eigenvalue weighted by Gasteiger charge is 2.48. The fraction of sp³-hybridized carbons (Fsp3) is 0.820. The second kappa shape index (κ2) is 51.6. The molecule has 0 aliphatic carbocycles. The maximum absolute atomic E-state index is 13.0. The number of hydrogen-bond acceptors (Lipinski definition) is 11. The minimum atomic E-state index is -5.07. The molecule has 1 saturated heterocycles. The third-order valence-electron chi connectivity index (χ3n) is 13.7. The van der Waals surface area contributed by atoms with Gasteiger partial charge in [0.15, 0.2) is 6.29 Å². The van der Waals surface area contributed by atoms with Crippen molar-refractivity contribution in [3.05, 3.63) is 60.8 Å². The molecule has 1 heterocycles. The van der Waals surface area contributed by atoms with Crippen LogP contribution in [-0.4, -0.2) is 97.5 Å². The Bertz CT molecular complexity index is 1510. The van der Waals surface area contributed by atoms with Crippen molar-refractivity contribution in [2.24, 2.45) is 0 Å². The first-order chi connectivity index (χ1) is 36.1. The maximum Gasteiger partial charge on any atom is 0.397 e. The molecule has 0 aromatic heterocycles. The number of carbonyl (C=O) groups excluding carboxylic acids is 1. The summed E-state index contributed by atoms with van der Waals surface area (Å²) < 4.78 is 59.5. The van der Waals surface area contributed by atoms with Gasteiger partial charge in [-0.05, 0) is 57.8 Å². The summed E-state index contributed by atoms with van der Waals surface area (Å²) in [6.45, 7) is 3.91. The number of rotatable bonds is 53. The van der Waals surface area contributed by atoms with E-state index in [4.69, 9.17) is 18.9 Å². The summed E-state index contributed by atoms with van der Waals surface area (Å²) in [5, 5.41) is 30.9. The lowest BCUT2D eigenvalue weighted by Crippen LogP contribution is -2.60. The molecule has 1 fully saturated rings. The SMILES string of the molecule is CC/C=C\C/C=C\C/C=C\C/C=C\C/C=C\CCCCCCCCCC(=O)OC(COCCCCCCCCCCCCCCCCCCCCCCCCCC)COC1OC(CO)C(O)C(OS(=O)(=O)O)C1O. The van der Waals surface area contributed by atoms with Gasteiger partial charge in [-0.3, -0.25) is 9.35 Å². The van der Waals surface area contributed by atoms with E-state index in [0.29, 0.717) is 13.0 Å². The van der Waals surface area contributed by atoms with Crippen molar-refractivity contribution in [1.29, 1.82) is 0 Å². The summed E-state index contributed by atoms with van der Waals surface area (Å²) >= 11 is 0. The van der Waals surface area contributed by atoms with Crippen LogP contribution in [-0.2, 0) is 38.3 Å².